The summed E-state index contributed by atoms with van der Waals surface area (Å²) in [6.07, 6.45) is 0. The highest BCUT2D eigenvalue weighted by atomic mass is 19.2. The highest BCUT2D eigenvalue weighted by Crippen LogP contribution is 2.36. The van der Waals surface area contributed by atoms with Gasteiger partial charge in [0.15, 0.2) is 46.5 Å². The number of benzene rings is 2. The van der Waals surface area contributed by atoms with E-state index in [0.29, 0.717) is 0 Å². The SMILES string of the molecule is CC.CC.CC.Fc1cc(F)c(F)c(-c2c(F)c(F)c(F)c(F)c2F)c1F. The van der Waals surface area contributed by atoms with E-state index in [1.807, 2.05) is 41.5 Å². The molecule has 0 aliphatic heterocycles. The molecule has 0 spiro atoms. The Morgan fingerprint density at radius 3 is 0.889 bits per heavy atom. The minimum Gasteiger partial charge on any atom is -0.204 e. The minimum atomic E-state index is -2.59. The Bertz CT molecular complexity index is 700. The second kappa shape index (κ2) is 12.2. The van der Waals surface area contributed by atoms with Gasteiger partial charge < -0.3 is 0 Å². The molecule has 0 aliphatic rings. The highest BCUT2D eigenvalue weighted by molar-refractivity contribution is 5.67. The zero-order chi connectivity index (χ0) is 22.1. The zero-order valence-corrected chi connectivity index (χ0v) is 15.5. The van der Waals surface area contributed by atoms with Crippen LogP contribution in [0.5, 0.6) is 0 Å². The van der Waals surface area contributed by atoms with Gasteiger partial charge in [-0.3, -0.25) is 0 Å². The lowest BCUT2D eigenvalue weighted by atomic mass is 10.0. The van der Waals surface area contributed by atoms with Gasteiger partial charge in [-0.15, -0.1) is 0 Å². The van der Waals surface area contributed by atoms with Crippen molar-refractivity contribution in [3.8, 4) is 11.1 Å². The van der Waals surface area contributed by atoms with Gasteiger partial charge in [0.25, 0.3) is 0 Å². The third kappa shape index (κ3) is 5.40. The van der Waals surface area contributed by atoms with Crippen molar-refractivity contribution >= 4 is 0 Å². The van der Waals surface area contributed by atoms with Crippen molar-refractivity contribution in [1.82, 2.24) is 0 Å². The third-order valence-corrected chi connectivity index (χ3v) is 2.57. The summed E-state index contributed by atoms with van der Waals surface area (Å²) in [4.78, 5) is 0. The Morgan fingerprint density at radius 2 is 0.593 bits per heavy atom. The van der Waals surface area contributed by atoms with Gasteiger partial charge in [0.2, 0.25) is 5.82 Å². The van der Waals surface area contributed by atoms with Crippen molar-refractivity contribution in [2.24, 2.45) is 0 Å². The molecule has 0 heterocycles. The van der Waals surface area contributed by atoms with Gasteiger partial charge >= 0.3 is 0 Å². The van der Waals surface area contributed by atoms with Crippen LogP contribution < -0.4 is 0 Å². The lowest BCUT2D eigenvalue weighted by Crippen LogP contribution is -2.08. The number of rotatable bonds is 1. The van der Waals surface area contributed by atoms with Gasteiger partial charge in [-0.25, -0.2) is 39.5 Å². The number of hydrogen-bond acceptors (Lipinski definition) is 0. The molecule has 27 heavy (non-hydrogen) atoms. The van der Waals surface area contributed by atoms with E-state index >= 15 is 0 Å². The Hall–Kier alpha value is -2.19. The van der Waals surface area contributed by atoms with E-state index in [1.165, 1.54) is 0 Å². The molecule has 0 aromatic heterocycles. The molecule has 0 saturated heterocycles. The molecular formula is C18H19F9. The molecule has 2 aromatic rings. The fraction of sp³-hybridized carbons (Fsp3) is 0.333. The van der Waals surface area contributed by atoms with Crippen molar-refractivity contribution in [2.45, 2.75) is 41.5 Å². The van der Waals surface area contributed by atoms with E-state index < -0.39 is 63.5 Å². The van der Waals surface area contributed by atoms with Gasteiger partial charge in [0.05, 0.1) is 11.1 Å². The molecule has 0 bridgehead atoms. The van der Waals surface area contributed by atoms with E-state index in [-0.39, 0.29) is 6.07 Å². The van der Waals surface area contributed by atoms with Crippen molar-refractivity contribution < 1.29 is 39.5 Å². The average Bonchev–Trinajstić information content (AvgIpc) is 2.70. The van der Waals surface area contributed by atoms with Gasteiger partial charge in [0.1, 0.15) is 0 Å². The molecular weight excluding hydrogens is 387 g/mol. The second-order valence-electron chi connectivity index (χ2n) is 3.79. The zero-order valence-electron chi connectivity index (χ0n) is 15.5. The maximum Gasteiger partial charge on any atom is 0.200 e. The lowest BCUT2D eigenvalue weighted by molar-refractivity contribution is 0.379. The summed E-state index contributed by atoms with van der Waals surface area (Å²) in [5.74, 6) is -21.5. The third-order valence-electron chi connectivity index (χ3n) is 2.57. The summed E-state index contributed by atoms with van der Waals surface area (Å²) in [6, 6.07) is -0.278. The van der Waals surface area contributed by atoms with Crippen molar-refractivity contribution in [3.63, 3.8) is 0 Å². The summed E-state index contributed by atoms with van der Waals surface area (Å²) < 4.78 is 118. The molecule has 0 nitrogen and oxygen atoms in total. The first-order valence-corrected chi connectivity index (χ1v) is 8.03. The fourth-order valence-corrected chi connectivity index (χ4v) is 1.62. The Labute approximate surface area is 151 Å². The number of hydrogen-bond donors (Lipinski definition) is 0. The van der Waals surface area contributed by atoms with Crippen LogP contribution in [0.4, 0.5) is 39.5 Å². The molecule has 0 atom stereocenters. The van der Waals surface area contributed by atoms with E-state index in [2.05, 4.69) is 0 Å². The Balaban J connectivity index is 0. The van der Waals surface area contributed by atoms with Crippen LogP contribution in [0.25, 0.3) is 11.1 Å². The quantitative estimate of drug-likeness (QED) is 0.259. The van der Waals surface area contributed by atoms with Crippen molar-refractivity contribution in [3.05, 3.63) is 58.4 Å². The van der Waals surface area contributed by atoms with Gasteiger partial charge in [-0.1, -0.05) is 41.5 Å². The van der Waals surface area contributed by atoms with Crippen LogP contribution in [0.3, 0.4) is 0 Å². The van der Waals surface area contributed by atoms with E-state index in [4.69, 9.17) is 0 Å². The predicted octanol–water partition coefficient (Wildman–Crippen LogP) is 7.68. The molecule has 0 saturated carbocycles. The molecule has 0 fully saturated rings. The normalized spacial score (nSPS) is 9.30. The van der Waals surface area contributed by atoms with Gasteiger partial charge in [-0.2, -0.15) is 0 Å². The van der Waals surface area contributed by atoms with Crippen molar-refractivity contribution in [2.75, 3.05) is 0 Å². The van der Waals surface area contributed by atoms with Crippen LogP contribution >= 0.6 is 0 Å². The second-order valence-corrected chi connectivity index (χ2v) is 3.79. The van der Waals surface area contributed by atoms with Crippen LogP contribution in [0.2, 0.25) is 0 Å². The molecule has 0 N–H and O–H groups in total. The van der Waals surface area contributed by atoms with E-state index in [0.717, 1.165) is 0 Å². The minimum absolute atomic E-state index is 0.278. The van der Waals surface area contributed by atoms with Gasteiger partial charge in [-0.05, 0) is 0 Å². The standard InChI is InChI=1S/C12HF9.3C2H6/c13-2-1-3(14)7(16)4(6(2)15)5-8(17)10(19)12(21)11(20)9(5)18;3*1-2/h1H;3*1-2H3. The predicted molar refractivity (Wildman–Crippen MR) is 85.5 cm³/mol. The summed E-state index contributed by atoms with van der Waals surface area (Å²) in [5, 5.41) is 0. The topological polar surface area (TPSA) is 0 Å². The van der Waals surface area contributed by atoms with Crippen LogP contribution in [-0.4, -0.2) is 0 Å². The molecule has 0 aliphatic carbocycles. The van der Waals surface area contributed by atoms with E-state index in [1.54, 1.807) is 0 Å². The monoisotopic (exact) mass is 406 g/mol. The maximum atomic E-state index is 13.4. The van der Waals surface area contributed by atoms with Crippen LogP contribution in [0.1, 0.15) is 41.5 Å². The van der Waals surface area contributed by atoms with Crippen LogP contribution in [0, 0.1) is 52.4 Å². The summed E-state index contributed by atoms with van der Waals surface area (Å²) in [5.41, 5.74) is -4.12. The van der Waals surface area contributed by atoms with Crippen LogP contribution in [-0.2, 0) is 0 Å². The lowest BCUT2D eigenvalue weighted by Gasteiger charge is -2.11. The summed E-state index contributed by atoms with van der Waals surface area (Å²) in [7, 11) is 0. The van der Waals surface area contributed by atoms with Gasteiger partial charge in [0, 0.05) is 6.07 Å². The molecule has 0 unspecified atom stereocenters. The molecule has 2 rings (SSSR count). The Morgan fingerprint density at radius 1 is 0.370 bits per heavy atom. The molecule has 2 aromatic carbocycles. The first-order valence-electron chi connectivity index (χ1n) is 8.03. The molecule has 154 valence electrons. The van der Waals surface area contributed by atoms with E-state index in [9.17, 15) is 39.5 Å². The summed E-state index contributed by atoms with van der Waals surface area (Å²) in [6.45, 7) is 12.0. The Kier molecular flexibility index (Phi) is 12.3. The molecule has 0 amide bonds. The summed E-state index contributed by atoms with van der Waals surface area (Å²) >= 11 is 0. The maximum absolute atomic E-state index is 13.4. The molecule has 9 heteroatoms. The van der Waals surface area contributed by atoms with Crippen LogP contribution in [0.15, 0.2) is 6.07 Å². The average molecular weight is 406 g/mol. The number of halogens is 9. The van der Waals surface area contributed by atoms with Crippen molar-refractivity contribution in [1.29, 1.82) is 0 Å². The largest absolute Gasteiger partial charge is 0.204 e. The fourth-order valence-electron chi connectivity index (χ4n) is 1.62. The smallest absolute Gasteiger partial charge is 0.200 e. The first kappa shape index (κ1) is 27.0. The highest BCUT2D eigenvalue weighted by Gasteiger charge is 2.32. The first-order chi connectivity index (χ1) is 12.7. The molecule has 0 radical (unpaired) electrons.